The van der Waals surface area contributed by atoms with Gasteiger partial charge in [-0.15, -0.1) is 0 Å². The first-order valence-corrected chi connectivity index (χ1v) is 7.00. The smallest absolute Gasteiger partial charge is 0.137 e. The zero-order valence-electron chi connectivity index (χ0n) is 10.2. The van der Waals surface area contributed by atoms with Gasteiger partial charge in [0.1, 0.15) is 11.6 Å². The van der Waals surface area contributed by atoms with E-state index in [0.717, 1.165) is 23.7 Å². The fourth-order valence-corrected chi connectivity index (χ4v) is 2.89. The molecule has 0 atom stereocenters. The van der Waals surface area contributed by atoms with Crippen LogP contribution in [-0.4, -0.2) is 12.3 Å². The fraction of sp³-hybridized carbons (Fsp3) is 0.500. The Morgan fingerprint density at radius 3 is 2.72 bits per heavy atom. The average molecular weight is 314 g/mol. The summed E-state index contributed by atoms with van der Waals surface area (Å²) in [5, 5.41) is 0. The summed E-state index contributed by atoms with van der Waals surface area (Å²) >= 11 is 3.34. The normalized spacial score (nSPS) is 17.3. The predicted octanol–water partition coefficient (Wildman–Crippen LogP) is 3.22. The second-order valence-electron chi connectivity index (χ2n) is 5.19. The lowest BCUT2D eigenvalue weighted by atomic mass is 9.65. The van der Waals surface area contributed by atoms with Crippen LogP contribution in [0.25, 0.3) is 0 Å². The maximum Gasteiger partial charge on any atom is 0.137 e. The predicted molar refractivity (Wildman–Crippen MR) is 72.8 cm³/mol. The van der Waals surface area contributed by atoms with Gasteiger partial charge in [-0.2, -0.15) is 0 Å². The summed E-state index contributed by atoms with van der Waals surface area (Å²) in [6.45, 7) is 0.572. The number of hydrogen-bond acceptors (Lipinski definition) is 2. The Bertz CT molecular complexity index is 452. The lowest BCUT2D eigenvalue weighted by Crippen LogP contribution is -2.39. The minimum absolute atomic E-state index is 0.0247. The molecule has 2 nitrogen and oxygen atoms in total. The first-order chi connectivity index (χ1) is 8.54. The van der Waals surface area contributed by atoms with Gasteiger partial charge in [-0.1, -0.05) is 22.4 Å². The van der Waals surface area contributed by atoms with Crippen LogP contribution >= 0.6 is 15.9 Å². The van der Waals surface area contributed by atoms with Gasteiger partial charge in [-0.3, -0.25) is 4.79 Å². The Morgan fingerprint density at radius 1 is 1.44 bits per heavy atom. The standard InChI is InChI=1S/C14H17BrFNO/c15-13-3-2-11(16)6-10(13)7-12(18)8-14(9-17)4-1-5-14/h2-3,6H,1,4-5,7-9,17H2. The van der Waals surface area contributed by atoms with E-state index in [2.05, 4.69) is 15.9 Å². The topological polar surface area (TPSA) is 43.1 Å². The van der Waals surface area contributed by atoms with E-state index in [9.17, 15) is 9.18 Å². The Morgan fingerprint density at radius 2 is 2.17 bits per heavy atom. The number of ketones is 1. The third-order valence-electron chi connectivity index (χ3n) is 3.81. The molecule has 0 saturated heterocycles. The lowest BCUT2D eigenvalue weighted by molar-refractivity contribution is -0.122. The van der Waals surface area contributed by atoms with Crippen LogP contribution in [0.3, 0.4) is 0 Å². The Hall–Kier alpha value is -0.740. The monoisotopic (exact) mass is 313 g/mol. The summed E-state index contributed by atoms with van der Waals surface area (Å²) in [5.41, 5.74) is 6.48. The number of Topliss-reactive ketones (excluding diaryl/α,β-unsaturated/α-hetero) is 1. The zero-order valence-corrected chi connectivity index (χ0v) is 11.8. The molecule has 0 aliphatic heterocycles. The van der Waals surface area contributed by atoms with Crippen LogP contribution in [0.2, 0.25) is 0 Å². The molecule has 1 aliphatic carbocycles. The van der Waals surface area contributed by atoms with Gasteiger partial charge in [0.15, 0.2) is 0 Å². The molecule has 1 aliphatic rings. The Balaban J connectivity index is 2.00. The minimum atomic E-state index is -0.307. The van der Waals surface area contributed by atoms with Crippen molar-refractivity contribution < 1.29 is 9.18 Å². The number of benzene rings is 1. The molecule has 18 heavy (non-hydrogen) atoms. The molecule has 1 saturated carbocycles. The first kappa shape index (κ1) is 13.7. The van der Waals surface area contributed by atoms with Crippen molar-refractivity contribution in [2.45, 2.75) is 32.1 Å². The SMILES string of the molecule is NCC1(CC(=O)Cc2cc(F)ccc2Br)CCC1. The van der Waals surface area contributed by atoms with E-state index in [-0.39, 0.29) is 23.4 Å². The Kier molecular flexibility index (Phi) is 4.17. The van der Waals surface area contributed by atoms with Crippen LogP contribution in [0.15, 0.2) is 22.7 Å². The molecule has 4 heteroatoms. The van der Waals surface area contributed by atoms with E-state index in [4.69, 9.17) is 5.73 Å². The van der Waals surface area contributed by atoms with Gasteiger partial charge >= 0.3 is 0 Å². The van der Waals surface area contributed by atoms with Crippen molar-refractivity contribution >= 4 is 21.7 Å². The van der Waals surface area contributed by atoms with Crippen LogP contribution in [-0.2, 0) is 11.2 Å². The number of carbonyl (C=O) groups excluding carboxylic acids is 1. The molecule has 1 aromatic rings. The third kappa shape index (κ3) is 2.98. The second-order valence-corrected chi connectivity index (χ2v) is 6.04. The molecule has 0 bridgehead atoms. The van der Waals surface area contributed by atoms with Crippen molar-refractivity contribution in [2.75, 3.05) is 6.54 Å². The molecule has 1 fully saturated rings. The lowest BCUT2D eigenvalue weighted by Gasteiger charge is -2.40. The van der Waals surface area contributed by atoms with Gasteiger partial charge in [-0.25, -0.2) is 4.39 Å². The van der Waals surface area contributed by atoms with Crippen molar-refractivity contribution in [1.82, 2.24) is 0 Å². The van der Waals surface area contributed by atoms with Gasteiger partial charge < -0.3 is 5.73 Å². The molecule has 0 amide bonds. The van der Waals surface area contributed by atoms with E-state index >= 15 is 0 Å². The van der Waals surface area contributed by atoms with Crippen LogP contribution < -0.4 is 5.73 Å². The maximum atomic E-state index is 13.1. The summed E-state index contributed by atoms with van der Waals surface area (Å²) in [7, 11) is 0. The van der Waals surface area contributed by atoms with Crippen LogP contribution in [0.5, 0.6) is 0 Å². The molecule has 0 radical (unpaired) electrons. The van der Waals surface area contributed by atoms with Crippen molar-refractivity contribution in [3.8, 4) is 0 Å². The van der Waals surface area contributed by atoms with Crippen molar-refractivity contribution in [1.29, 1.82) is 0 Å². The molecule has 1 aromatic carbocycles. The van der Waals surface area contributed by atoms with Gasteiger partial charge in [0.05, 0.1) is 0 Å². The van der Waals surface area contributed by atoms with Gasteiger partial charge in [0, 0.05) is 17.3 Å². The number of rotatable bonds is 5. The van der Waals surface area contributed by atoms with Gasteiger partial charge in [0.25, 0.3) is 0 Å². The molecule has 98 valence electrons. The molecular weight excluding hydrogens is 297 g/mol. The van der Waals surface area contributed by atoms with E-state index in [1.807, 2.05) is 0 Å². The number of nitrogens with two attached hydrogens (primary N) is 1. The minimum Gasteiger partial charge on any atom is -0.330 e. The maximum absolute atomic E-state index is 13.1. The van der Waals surface area contributed by atoms with E-state index in [1.54, 1.807) is 6.07 Å². The summed E-state index contributed by atoms with van der Waals surface area (Å²) in [4.78, 5) is 12.0. The summed E-state index contributed by atoms with van der Waals surface area (Å²) in [5.74, 6) is -0.162. The summed E-state index contributed by atoms with van der Waals surface area (Å²) in [6, 6.07) is 4.43. The molecule has 0 heterocycles. The van der Waals surface area contributed by atoms with Gasteiger partial charge in [0.2, 0.25) is 0 Å². The third-order valence-corrected chi connectivity index (χ3v) is 4.59. The highest BCUT2D eigenvalue weighted by Crippen LogP contribution is 2.43. The molecule has 0 aromatic heterocycles. The van der Waals surface area contributed by atoms with Crippen LogP contribution in [0.4, 0.5) is 4.39 Å². The Labute approximate surface area is 115 Å². The second kappa shape index (κ2) is 5.49. The van der Waals surface area contributed by atoms with Crippen molar-refractivity contribution in [3.05, 3.63) is 34.1 Å². The largest absolute Gasteiger partial charge is 0.330 e. The van der Waals surface area contributed by atoms with E-state index in [1.165, 1.54) is 12.1 Å². The highest BCUT2D eigenvalue weighted by molar-refractivity contribution is 9.10. The summed E-state index contributed by atoms with van der Waals surface area (Å²) < 4.78 is 13.9. The van der Waals surface area contributed by atoms with Crippen LogP contribution in [0.1, 0.15) is 31.2 Å². The average Bonchev–Trinajstić information content (AvgIpc) is 2.28. The molecule has 2 rings (SSSR count). The zero-order chi connectivity index (χ0) is 13.2. The van der Waals surface area contributed by atoms with Gasteiger partial charge in [-0.05, 0) is 48.6 Å². The first-order valence-electron chi connectivity index (χ1n) is 6.20. The van der Waals surface area contributed by atoms with E-state index in [0.29, 0.717) is 18.5 Å². The highest BCUT2D eigenvalue weighted by Gasteiger charge is 2.37. The van der Waals surface area contributed by atoms with E-state index < -0.39 is 0 Å². The fourth-order valence-electron chi connectivity index (χ4n) is 2.50. The molecule has 0 spiro atoms. The number of hydrogen-bond donors (Lipinski definition) is 1. The summed E-state index contributed by atoms with van der Waals surface area (Å²) in [6.07, 6.45) is 4.04. The van der Waals surface area contributed by atoms with Crippen LogP contribution in [0, 0.1) is 11.2 Å². The quantitative estimate of drug-likeness (QED) is 0.907. The molecule has 0 unspecified atom stereocenters. The number of halogens is 2. The number of carbonyl (C=O) groups is 1. The van der Waals surface area contributed by atoms with Crippen molar-refractivity contribution in [2.24, 2.45) is 11.1 Å². The van der Waals surface area contributed by atoms with Crippen molar-refractivity contribution in [3.63, 3.8) is 0 Å². The molecule has 2 N–H and O–H groups in total. The highest BCUT2D eigenvalue weighted by atomic mass is 79.9. The molecular formula is C14H17BrFNO.